The average molecular weight is 323 g/mol. The van der Waals surface area contributed by atoms with E-state index in [0.717, 1.165) is 18.7 Å². The van der Waals surface area contributed by atoms with Crippen LogP contribution < -0.4 is 5.32 Å². The molecule has 0 spiro atoms. The van der Waals surface area contributed by atoms with Gasteiger partial charge in [0.2, 0.25) is 0 Å². The van der Waals surface area contributed by atoms with Crippen LogP contribution in [0.15, 0.2) is 42.5 Å². The SMILES string of the molecule is COC(=O)c1ccc([C@@H]2Nc3ccc(C)cc3[C@H]3OCC[C@@H]32)cc1. The number of fused-ring (bicyclic) bond motifs is 3. The number of esters is 1. The van der Waals surface area contributed by atoms with Crippen molar-refractivity contribution in [3.63, 3.8) is 0 Å². The fourth-order valence-electron chi connectivity index (χ4n) is 3.87. The van der Waals surface area contributed by atoms with Gasteiger partial charge in [-0.2, -0.15) is 0 Å². The fourth-order valence-corrected chi connectivity index (χ4v) is 3.87. The minimum Gasteiger partial charge on any atom is -0.465 e. The Labute approximate surface area is 141 Å². The highest BCUT2D eigenvalue weighted by Gasteiger charge is 2.41. The summed E-state index contributed by atoms with van der Waals surface area (Å²) in [5, 5.41) is 3.68. The summed E-state index contributed by atoms with van der Waals surface area (Å²) in [5.74, 6) is 0.101. The molecule has 0 amide bonds. The monoisotopic (exact) mass is 323 g/mol. The minimum absolute atomic E-state index is 0.145. The standard InChI is InChI=1S/C20H21NO3/c1-12-3-8-17-16(11-12)19-15(9-10-24-19)18(21-17)13-4-6-14(7-5-13)20(22)23-2/h3-8,11,15,18-19,21H,9-10H2,1-2H3/t15-,18+,19+/m1/s1. The van der Waals surface area contributed by atoms with E-state index in [9.17, 15) is 4.79 Å². The molecule has 4 heteroatoms. The van der Waals surface area contributed by atoms with Gasteiger partial charge in [-0.05, 0) is 37.1 Å². The zero-order chi connectivity index (χ0) is 16.7. The van der Waals surface area contributed by atoms with Crippen LogP contribution in [0.3, 0.4) is 0 Å². The van der Waals surface area contributed by atoms with E-state index in [1.807, 2.05) is 24.3 Å². The first-order valence-electron chi connectivity index (χ1n) is 8.34. The van der Waals surface area contributed by atoms with Crippen LogP contribution in [0.1, 0.15) is 45.6 Å². The highest BCUT2D eigenvalue weighted by Crippen LogP contribution is 2.49. The van der Waals surface area contributed by atoms with E-state index in [0.29, 0.717) is 11.5 Å². The molecular weight excluding hydrogens is 302 g/mol. The number of rotatable bonds is 2. The van der Waals surface area contributed by atoms with Gasteiger partial charge in [0.05, 0.1) is 24.8 Å². The van der Waals surface area contributed by atoms with Crippen LogP contribution in [0.5, 0.6) is 0 Å². The van der Waals surface area contributed by atoms with Crippen molar-refractivity contribution in [2.75, 3.05) is 19.0 Å². The lowest BCUT2D eigenvalue weighted by molar-refractivity contribution is 0.0600. The lowest BCUT2D eigenvalue weighted by atomic mass is 9.80. The molecule has 0 unspecified atom stereocenters. The smallest absolute Gasteiger partial charge is 0.337 e. The molecule has 4 nitrogen and oxygen atoms in total. The molecule has 2 aromatic rings. The van der Waals surface area contributed by atoms with Crippen molar-refractivity contribution in [3.05, 3.63) is 64.7 Å². The number of nitrogens with one attached hydrogen (secondary N) is 1. The number of benzene rings is 2. The molecule has 3 atom stereocenters. The normalized spacial score (nSPS) is 24.7. The Morgan fingerprint density at radius 2 is 2.00 bits per heavy atom. The summed E-state index contributed by atoms with van der Waals surface area (Å²) < 4.78 is 10.8. The Kier molecular flexibility index (Phi) is 3.77. The molecule has 0 radical (unpaired) electrons. The van der Waals surface area contributed by atoms with Gasteiger partial charge in [0.15, 0.2) is 0 Å². The van der Waals surface area contributed by atoms with Gasteiger partial charge in [-0.3, -0.25) is 0 Å². The molecule has 1 fully saturated rings. The fraction of sp³-hybridized carbons (Fsp3) is 0.350. The van der Waals surface area contributed by atoms with Crippen LogP contribution in [-0.2, 0) is 9.47 Å². The van der Waals surface area contributed by atoms with E-state index in [2.05, 4.69) is 30.4 Å². The Morgan fingerprint density at radius 1 is 1.21 bits per heavy atom. The summed E-state index contributed by atoms with van der Waals surface area (Å²) in [6, 6.07) is 14.4. The first-order valence-corrected chi connectivity index (χ1v) is 8.34. The maximum Gasteiger partial charge on any atom is 0.337 e. The second-order valence-corrected chi connectivity index (χ2v) is 6.57. The van der Waals surface area contributed by atoms with E-state index in [1.54, 1.807) is 0 Å². The number of methoxy groups -OCH3 is 1. The third-order valence-corrected chi connectivity index (χ3v) is 5.08. The molecule has 2 aliphatic heterocycles. The van der Waals surface area contributed by atoms with Crippen LogP contribution in [-0.4, -0.2) is 19.7 Å². The predicted octanol–water partition coefficient (Wildman–Crippen LogP) is 4.03. The Hall–Kier alpha value is -2.33. The number of hydrogen-bond acceptors (Lipinski definition) is 4. The van der Waals surface area contributed by atoms with E-state index in [-0.39, 0.29) is 18.1 Å². The Morgan fingerprint density at radius 3 is 2.75 bits per heavy atom. The molecule has 124 valence electrons. The number of carbonyl (C=O) groups excluding carboxylic acids is 1. The lowest BCUT2D eigenvalue weighted by Gasteiger charge is -2.36. The third-order valence-electron chi connectivity index (χ3n) is 5.08. The van der Waals surface area contributed by atoms with E-state index in [4.69, 9.17) is 9.47 Å². The van der Waals surface area contributed by atoms with Gasteiger partial charge in [0.1, 0.15) is 0 Å². The summed E-state index contributed by atoms with van der Waals surface area (Å²) in [4.78, 5) is 11.6. The van der Waals surface area contributed by atoms with Gasteiger partial charge < -0.3 is 14.8 Å². The molecule has 2 heterocycles. The topological polar surface area (TPSA) is 47.6 Å². The molecule has 0 aromatic heterocycles. The summed E-state index contributed by atoms with van der Waals surface area (Å²) >= 11 is 0. The van der Waals surface area contributed by atoms with Crippen molar-refractivity contribution in [1.82, 2.24) is 0 Å². The van der Waals surface area contributed by atoms with Crippen LogP contribution >= 0.6 is 0 Å². The van der Waals surface area contributed by atoms with Gasteiger partial charge in [0.25, 0.3) is 0 Å². The van der Waals surface area contributed by atoms with Crippen molar-refractivity contribution in [1.29, 1.82) is 0 Å². The van der Waals surface area contributed by atoms with Crippen LogP contribution in [0.25, 0.3) is 0 Å². The van der Waals surface area contributed by atoms with Gasteiger partial charge in [-0.15, -0.1) is 0 Å². The van der Waals surface area contributed by atoms with Crippen LogP contribution in [0.2, 0.25) is 0 Å². The molecule has 0 saturated carbocycles. The predicted molar refractivity (Wildman–Crippen MR) is 92.1 cm³/mol. The molecular formula is C20H21NO3. The van der Waals surface area contributed by atoms with E-state index >= 15 is 0 Å². The average Bonchev–Trinajstić information content (AvgIpc) is 3.11. The quantitative estimate of drug-likeness (QED) is 0.848. The van der Waals surface area contributed by atoms with Crippen LogP contribution in [0, 0.1) is 12.8 Å². The summed E-state index contributed by atoms with van der Waals surface area (Å²) in [6.07, 6.45) is 1.18. The molecule has 1 N–H and O–H groups in total. The molecule has 2 aliphatic rings. The van der Waals surface area contributed by atoms with Crippen molar-refractivity contribution in [2.24, 2.45) is 5.92 Å². The molecule has 24 heavy (non-hydrogen) atoms. The van der Waals surface area contributed by atoms with Gasteiger partial charge in [0, 0.05) is 23.8 Å². The molecule has 0 bridgehead atoms. The van der Waals surface area contributed by atoms with E-state index in [1.165, 1.54) is 23.8 Å². The Balaban J connectivity index is 1.68. The van der Waals surface area contributed by atoms with Gasteiger partial charge in [-0.25, -0.2) is 4.79 Å². The summed E-state index contributed by atoms with van der Waals surface area (Å²) in [5.41, 5.74) is 5.41. The summed E-state index contributed by atoms with van der Waals surface area (Å²) in [7, 11) is 1.40. The second kappa shape index (κ2) is 5.95. The lowest BCUT2D eigenvalue weighted by Crippen LogP contribution is -2.29. The zero-order valence-corrected chi connectivity index (χ0v) is 13.9. The number of ether oxygens (including phenoxy) is 2. The highest BCUT2D eigenvalue weighted by molar-refractivity contribution is 5.89. The van der Waals surface area contributed by atoms with Crippen molar-refractivity contribution in [3.8, 4) is 0 Å². The minimum atomic E-state index is -0.305. The summed E-state index contributed by atoms with van der Waals surface area (Å²) in [6.45, 7) is 2.91. The van der Waals surface area contributed by atoms with Gasteiger partial charge >= 0.3 is 5.97 Å². The van der Waals surface area contributed by atoms with Crippen molar-refractivity contribution >= 4 is 11.7 Å². The van der Waals surface area contributed by atoms with Crippen molar-refractivity contribution < 1.29 is 14.3 Å². The largest absolute Gasteiger partial charge is 0.465 e. The maximum absolute atomic E-state index is 11.6. The maximum atomic E-state index is 11.6. The first kappa shape index (κ1) is 15.2. The van der Waals surface area contributed by atoms with Gasteiger partial charge in [-0.1, -0.05) is 29.8 Å². The number of hydrogen-bond donors (Lipinski definition) is 1. The van der Waals surface area contributed by atoms with E-state index < -0.39 is 0 Å². The molecule has 1 saturated heterocycles. The second-order valence-electron chi connectivity index (χ2n) is 6.57. The third kappa shape index (κ3) is 2.47. The molecule has 2 aromatic carbocycles. The first-order chi connectivity index (χ1) is 11.7. The number of aryl methyl sites for hydroxylation is 1. The molecule has 0 aliphatic carbocycles. The molecule has 4 rings (SSSR count). The number of carbonyl (C=O) groups is 1. The van der Waals surface area contributed by atoms with Crippen LogP contribution in [0.4, 0.5) is 5.69 Å². The van der Waals surface area contributed by atoms with Crippen molar-refractivity contribution in [2.45, 2.75) is 25.5 Å². The number of anilines is 1. The highest BCUT2D eigenvalue weighted by atomic mass is 16.5. The zero-order valence-electron chi connectivity index (χ0n) is 13.9. The Bertz CT molecular complexity index is 769.